The van der Waals surface area contributed by atoms with Crippen LogP contribution in [0.5, 0.6) is 0 Å². The molecular weight excluding hydrogens is 434 g/mol. The van der Waals surface area contributed by atoms with Gasteiger partial charge in [0.05, 0.1) is 22.3 Å². The van der Waals surface area contributed by atoms with Gasteiger partial charge in [0.25, 0.3) is 0 Å². The van der Waals surface area contributed by atoms with Crippen LogP contribution >= 0.6 is 0 Å². The monoisotopic (exact) mass is 475 g/mol. The van der Waals surface area contributed by atoms with Gasteiger partial charge in [-0.3, -0.25) is 19.6 Å². The number of rotatable bonds is 15. The van der Waals surface area contributed by atoms with Crippen molar-refractivity contribution in [1.82, 2.24) is 10.0 Å². The number of hydrogen-bond donors (Lipinski definition) is 4. The quantitative estimate of drug-likeness (QED) is 0.209. The largest absolute Gasteiger partial charge is 0.368 e. The van der Waals surface area contributed by atoms with Gasteiger partial charge in [0, 0.05) is 0 Å². The molecule has 4 atom stereocenters. The number of hydrogen-bond acceptors (Lipinski definition) is 7. The Bertz CT molecular complexity index is 762. The summed E-state index contributed by atoms with van der Waals surface area (Å²) in [5.74, 6) is -0.627. The molecule has 10 heteroatoms. The average Bonchev–Trinajstić information content (AvgIpc) is 3.54. The molecule has 186 valence electrons. The molecule has 0 bridgehead atoms. The number of sulfonamides is 1. The van der Waals surface area contributed by atoms with Crippen LogP contribution in [-0.4, -0.2) is 48.6 Å². The number of nitrogens with one attached hydrogen (secondary N) is 2. The molecule has 2 amide bonds. The molecule has 0 radical (unpaired) electrons. The van der Waals surface area contributed by atoms with Gasteiger partial charge in [0.15, 0.2) is 0 Å². The molecule has 0 spiro atoms. The van der Waals surface area contributed by atoms with Crippen LogP contribution in [0.3, 0.4) is 0 Å². The Hall–Kier alpha value is -1.23. The van der Waals surface area contributed by atoms with E-state index in [2.05, 4.69) is 10.0 Å². The van der Waals surface area contributed by atoms with Crippen LogP contribution in [0, 0.1) is 11.3 Å². The van der Waals surface area contributed by atoms with Gasteiger partial charge in [-0.25, -0.2) is 8.42 Å². The summed E-state index contributed by atoms with van der Waals surface area (Å²) in [6, 6.07) is -0.648. The van der Waals surface area contributed by atoms with E-state index >= 15 is 0 Å². The van der Waals surface area contributed by atoms with Gasteiger partial charge >= 0.3 is 0 Å². The van der Waals surface area contributed by atoms with E-state index in [0.717, 1.165) is 44.9 Å². The molecular formula is C22H41N3O6S. The Morgan fingerprint density at radius 3 is 2.31 bits per heavy atom. The molecule has 2 saturated carbocycles. The van der Waals surface area contributed by atoms with E-state index in [1.165, 1.54) is 0 Å². The fourth-order valence-corrected chi connectivity index (χ4v) is 5.39. The minimum atomic E-state index is -3.48. The van der Waals surface area contributed by atoms with Gasteiger partial charge in [-0.2, -0.15) is 0 Å². The molecule has 2 fully saturated rings. The molecule has 32 heavy (non-hydrogen) atoms. The standard InChI is InChI=1S/C22H41N3O6S/c1-21(2,3)31-20(28)24-17(18(23)26)11-9-7-5-6-8-10-15-14-22(15,4)19(27)25-32(29,30)16-12-13-16/h15-17,20,24,28H,5-14H2,1-4H3,(H2,23,26)(H,25,27)/t15-,17+,20?,22+/m1/s1. The Morgan fingerprint density at radius 1 is 1.16 bits per heavy atom. The predicted molar refractivity (Wildman–Crippen MR) is 122 cm³/mol. The Morgan fingerprint density at radius 2 is 1.75 bits per heavy atom. The van der Waals surface area contributed by atoms with E-state index in [9.17, 15) is 23.1 Å². The maximum atomic E-state index is 12.4. The molecule has 5 N–H and O–H groups in total. The van der Waals surface area contributed by atoms with Crippen molar-refractivity contribution < 1.29 is 27.9 Å². The number of aliphatic hydroxyl groups is 1. The lowest BCUT2D eigenvalue weighted by Gasteiger charge is -2.27. The van der Waals surface area contributed by atoms with Crippen molar-refractivity contribution in [3.63, 3.8) is 0 Å². The fourth-order valence-electron chi connectivity index (χ4n) is 3.98. The maximum Gasteiger partial charge on any atom is 0.239 e. The molecule has 0 aromatic rings. The van der Waals surface area contributed by atoms with Crippen molar-refractivity contribution >= 4 is 21.8 Å². The summed E-state index contributed by atoms with van der Waals surface area (Å²) in [6.07, 6.45) is 6.94. The van der Waals surface area contributed by atoms with E-state index in [-0.39, 0.29) is 17.1 Å². The first-order valence-corrected chi connectivity index (χ1v) is 13.3. The lowest BCUT2D eigenvalue weighted by atomic mass is 10.0. The van der Waals surface area contributed by atoms with E-state index in [1.807, 2.05) is 27.7 Å². The number of amides is 2. The Balaban J connectivity index is 1.57. The summed E-state index contributed by atoms with van der Waals surface area (Å²) in [6.45, 7) is 7.28. The minimum Gasteiger partial charge on any atom is -0.368 e. The summed E-state index contributed by atoms with van der Waals surface area (Å²) in [7, 11) is -3.48. The lowest BCUT2D eigenvalue weighted by molar-refractivity contribution is -0.186. The third-order valence-corrected chi connectivity index (χ3v) is 8.14. The van der Waals surface area contributed by atoms with Gasteiger partial charge in [-0.05, 0) is 58.8 Å². The van der Waals surface area contributed by atoms with Crippen LogP contribution in [0.1, 0.15) is 91.9 Å². The Labute approximate surface area is 192 Å². The molecule has 9 nitrogen and oxygen atoms in total. The molecule has 0 aromatic heterocycles. The first-order valence-electron chi connectivity index (χ1n) is 11.7. The zero-order valence-corrected chi connectivity index (χ0v) is 20.7. The number of nitrogens with two attached hydrogens (primary N) is 1. The number of carbonyl (C=O) groups excluding carboxylic acids is 2. The summed E-state index contributed by atoms with van der Waals surface area (Å²) in [5.41, 5.74) is 4.32. The van der Waals surface area contributed by atoms with Crippen LogP contribution in [0.2, 0.25) is 0 Å². The smallest absolute Gasteiger partial charge is 0.239 e. The van der Waals surface area contributed by atoms with Crippen LogP contribution in [0.15, 0.2) is 0 Å². The molecule has 2 rings (SSSR count). The number of unbranched alkanes of at least 4 members (excludes halogenated alkanes) is 4. The van der Waals surface area contributed by atoms with Gasteiger partial charge in [0.2, 0.25) is 28.3 Å². The first kappa shape index (κ1) is 27.0. The molecule has 0 saturated heterocycles. The second-order valence-corrected chi connectivity index (χ2v) is 12.5. The van der Waals surface area contributed by atoms with Gasteiger partial charge in [0.1, 0.15) is 0 Å². The van der Waals surface area contributed by atoms with E-state index < -0.39 is 39.4 Å². The van der Waals surface area contributed by atoms with Gasteiger partial charge in [-0.1, -0.05) is 39.0 Å². The molecule has 0 heterocycles. The predicted octanol–water partition coefficient (Wildman–Crippen LogP) is 1.89. The molecule has 1 unspecified atom stereocenters. The molecule has 0 aliphatic heterocycles. The van der Waals surface area contributed by atoms with Crippen molar-refractivity contribution in [3.8, 4) is 0 Å². The molecule has 2 aliphatic rings. The van der Waals surface area contributed by atoms with Gasteiger partial charge < -0.3 is 15.6 Å². The van der Waals surface area contributed by atoms with Crippen LogP contribution in [0.25, 0.3) is 0 Å². The summed E-state index contributed by atoms with van der Waals surface area (Å²) in [4.78, 5) is 24.0. The summed E-state index contributed by atoms with van der Waals surface area (Å²) >= 11 is 0. The maximum absolute atomic E-state index is 12.4. The third kappa shape index (κ3) is 8.61. The van der Waals surface area contributed by atoms with Crippen LogP contribution in [0.4, 0.5) is 0 Å². The lowest BCUT2D eigenvalue weighted by Crippen LogP contribution is -2.49. The zero-order valence-electron chi connectivity index (χ0n) is 19.9. The van der Waals surface area contributed by atoms with Crippen molar-refractivity contribution in [1.29, 1.82) is 0 Å². The number of aliphatic hydroxyl groups excluding tert-OH is 1. The van der Waals surface area contributed by atoms with E-state index in [1.54, 1.807) is 0 Å². The molecule has 0 aromatic carbocycles. The van der Waals surface area contributed by atoms with Crippen LogP contribution in [-0.2, 0) is 24.3 Å². The average molecular weight is 476 g/mol. The van der Waals surface area contributed by atoms with E-state index in [0.29, 0.717) is 19.3 Å². The highest BCUT2D eigenvalue weighted by Crippen LogP contribution is 2.55. The zero-order chi connectivity index (χ0) is 24.2. The minimum absolute atomic E-state index is 0.240. The summed E-state index contributed by atoms with van der Waals surface area (Å²) in [5, 5.41) is 12.2. The second kappa shape index (κ2) is 10.8. The first-order chi connectivity index (χ1) is 14.7. The normalized spacial score (nSPS) is 25.2. The SMILES string of the molecule is CC(C)(C)OC(O)N[C@@H](CCCCCCC[C@@H]1C[C@]1(C)C(=O)NS(=O)(=O)C1CC1)C(N)=O. The number of ether oxygens (including phenoxy) is 1. The highest BCUT2D eigenvalue weighted by Gasteiger charge is 2.56. The summed E-state index contributed by atoms with van der Waals surface area (Å²) < 4.78 is 31.6. The number of primary amides is 1. The molecule has 2 aliphatic carbocycles. The van der Waals surface area contributed by atoms with Crippen molar-refractivity contribution in [2.75, 3.05) is 0 Å². The van der Waals surface area contributed by atoms with E-state index in [4.69, 9.17) is 10.5 Å². The highest BCUT2D eigenvalue weighted by atomic mass is 32.2. The topological polar surface area (TPSA) is 148 Å². The Kier molecular flexibility index (Phi) is 9.12. The number of carbonyl (C=O) groups is 2. The van der Waals surface area contributed by atoms with Crippen molar-refractivity contribution in [2.45, 2.75) is 115 Å². The second-order valence-electron chi connectivity index (χ2n) is 10.5. The van der Waals surface area contributed by atoms with Crippen molar-refractivity contribution in [2.24, 2.45) is 17.1 Å². The van der Waals surface area contributed by atoms with Gasteiger partial charge in [-0.15, -0.1) is 0 Å². The highest BCUT2D eigenvalue weighted by molar-refractivity contribution is 7.90. The third-order valence-electron chi connectivity index (χ3n) is 6.33. The van der Waals surface area contributed by atoms with Crippen molar-refractivity contribution in [3.05, 3.63) is 0 Å². The van der Waals surface area contributed by atoms with Crippen LogP contribution < -0.4 is 15.8 Å². The fraction of sp³-hybridized carbons (Fsp3) is 0.909.